The first-order chi connectivity index (χ1) is 6.95. The molecule has 0 aliphatic heterocycles. The molecule has 1 unspecified atom stereocenters. The first-order valence-corrected chi connectivity index (χ1v) is 4.58. The van der Waals surface area contributed by atoms with Crippen molar-refractivity contribution < 1.29 is 18.6 Å². The highest BCUT2D eigenvalue weighted by atomic mass is 32.2. The molecule has 8 nitrogen and oxygen atoms in total. The molecule has 0 amide bonds. The van der Waals surface area contributed by atoms with Gasteiger partial charge in [-0.1, -0.05) is 6.07 Å². The molecular formula is C6H4N2O6S. The van der Waals surface area contributed by atoms with Crippen molar-refractivity contribution in [1.82, 2.24) is 0 Å². The fraction of sp³-hybridized carbons (Fsp3) is 0. The molecule has 0 heterocycles. The summed E-state index contributed by atoms with van der Waals surface area (Å²) >= 11 is -2.63. The Hall–Kier alpha value is -1.87. The highest BCUT2D eigenvalue weighted by Gasteiger charge is 2.30. The second kappa shape index (κ2) is 4.11. The predicted octanol–water partition coefficient (Wildman–Crippen LogP) is 1.08. The molecule has 0 saturated carbocycles. The lowest BCUT2D eigenvalue weighted by atomic mass is 10.3. The Morgan fingerprint density at radius 1 is 1.20 bits per heavy atom. The third-order valence-electron chi connectivity index (χ3n) is 1.55. The Morgan fingerprint density at radius 2 is 1.80 bits per heavy atom. The summed E-state index contributed by atoms with van der Waals surface area (Å²) in [6.07, 6.45) is 0. The molecule has 0 aliphatic rings. The second-order valence-corrected chi connectivity index (χ2v) is 3.33. The van der Waals surface area contributed by atoms with Crippen molar-refractivity contribution in [3.63, 3.8) is 0 Å². The van der Waals surface area contributed by atoms with Crippen LogP contribution in [-0.2, 0) is 11.1 Å². The zero-order chi connectivity index (χ0) is 11.6. The van der Waals surface area contributed by atoms with E-state index in [4.69, 9.17) is 4.55 Å². The molecule has 0 radical (unpaired) electrons. The molecule has 0 fully saturated rings. The summed E-state index contributed by atoms with van der Waals surface area (Å²) in [6, 6.07) is 2.99. The molecule has 80 valence electrons. The maximum Gasteiger partial charge on any atom is 0.364 e. The zero-order valence-electron chi connectivity index (χ0n) is 7.02. The van der Waals surface area contributed by atoms with E-state index >= 15 is 0 Å². The number of para-hydroxylation sites is 1. The fourth-order valence-corrected chi connectivity index (χ4v) is 1.52. The van der Waals surface area contributed by atoms with Crippen LogP contribution in [0.25, 0.3) is 0 Å². The smallest absolute Gasteiger partial charge is 0.302 e. The van der Waals surface area contributed by atoms with Crippen molar-refractivity contribution in [1.29, 1.82) is 0 Å². The minimum absolute atomic E-state index is 0.589. The van der Waals surface area contributed by atoms with E-state index < -0.39 is 37.2 Å². The van der Waals surface area contributed by atoms with Crippen LogP contribution in [0.15, 0.2) is 23.1 Å². The van der Waals surface area contributed by atoms with Crippen LogP contribution < -0.4 is 0 Å². The summed E-state index contributed by atoms with van der Waals surface area (Å²) in [5.74, 6) is 0. The molecule has 15 heavy (non-hydrogen) atoms. The Morgan fingerprint density at radius 3 is 2.20 bits per heavy atom. The number of rotatable bonds is 3. The van der Waals surface area contributed by atoms with E-state index in [1.807, 2.05) is 0 Å². The Bertz CT molecular complexity index is 427. The maximum atomic E-state index is 10.7. The number of nitrogens with zero attached hydrogens (tertiary/aromatic N) is 2. The molecular weight excluding hydrogens is 228 g/mol. The van der Waals surface area contributed by atoms with E-state index in [1.54, 1.807) is 0 Å². The standard InChI is InChI=1S/C6H4N2O6S/c9-7(10)4-2-1-3-5(15(13)14)6(4)8(11)12/h1-3H,(H,13,14). The van der Waals surface area contributed by atoms with E-state index in [0.29, 0.717) is 0 Å². The van der Waals surface area contributed by atoms with Gasteiger partial charge in [0.05, 0.1) is 9.85 Å². The number of hydrogen-bond donors (Lipinski definition) is 1. The lowest BCUT2D eigenvalue weighted by molar-refractivity contribution is -0.424. The van der Waals surface area contributed by atoms with Gasteiger partial charge in [0.1, 0.15) is 0 Å². The highest BCUT2D eigenvalue weighted by molar-refractivity contribution is 7.79. The minimum atomic E-state index is -2.63. The Labute approximate surface area is 85.1 Å². The molecule has 0 saturated heterocycles. The molecule has 0 spiro atoms. The van der Waals surface area contributed by atoms with Crippen LogP contribution in [0.3, 0.4) is 0 Å². The van der Waals surface area contributed by atoms with Crippen molar-refractivity contribution in [2.75, 3.05) is 0 Å². The predicted molar refractivity (Wildman–Crippen MR) is 48.8 cm³/mol. The van der Waals surface area contributed by atoms with E-state index in [1.165, 1.54) is 0 Å². The number of nitro groups is 2. The quantitative estimate of drug-likeness (QED) is 0.472. The first-order valence-electron chi connectivity index (χ1n) is 3.47. The minimum Gasteiger partial charge on any atom is -0.302 e. The van der Waals surface area contributed by atoms with Crippen molar-refractivity contribution in [2.45, 2.75) is 4.90 Å². The van der Waals surface area contributed by atoms with E-state index in [2.05, 4.69) is 0 Å². The number of nitro benzene ring substituents is 2. The van der Waals surface area contributed by atoms with Crippen LogP contribution in [0, 0.1) is 20.2 Å². The SMILES string of the molecule is O=[N+]([O-])c1cccc(S(=O)O)c1[N+](=O)[O-]. The van der Waals surface area contributed by atoms with Gasteiger partial charge in [-0.15, -0.1) is 0 Å². The normalized spacial score (nSPS) is 12.1. The third kappa shape index (κ3) is 2.14. The van der Waals surface area contributed by atoms with Crippen molar-refractivity contribution >= 4 is 22.5 Å². The van der Waals surface area contributed by atoms with E-state index in [9.17, 15) is 24.4 Å². The van der Waals surface area contributed by atoms with E-state index in [0.717, 1.165) is 18.2 Å². The van der Waals surface area contributed by atoms with Gasteiger partial charge in [0.15, 0.2) is 16.0 Å². The molecule has 1 aromatic rings. The largest absolute Gasteiger partial charge is 0.364 e. The summed E-state index contributed by atoms with van der Waals surface area (Å²) in [6.45, 7) is 0. The van der Waals surface area contributed by atoms with Crippen molar-refractivity contribution in [3.05, 3.63) is 38.4 Å². The highest BCUT2D eigenvalue weighted by Crippen LogP contribution is 2.31. The summed E-state index contributed by atoms with van der Waals surface area (Å²) in [4.78, 5) is 18.3. The number of hydrogen-bond acceptors (Lipinski definition) is 5. The van der Waals surface area contributed by atoms with Crippen LogP contribution >= 0.6 is 0 Å². The summed E-state index contributed by atoms with van der Waals surface area (Å²) < 4.78 is 19.4. The maximum absolute atomic E-state index is 10.7. The average molecular weight is 232 g/mol. The summed E-state index contributed by atoms with van der Waals surface area (Å²) in [5, 5.41) is 20.9. The first kappa shape index (κ1) is 11.2. The molecule has 0 aromatic heterocycles. The topological polar surface area (TPSA) is 124 Å². The van der Waals surface area contributed by atoms with Crippen molar-refractivity contribution in [2.24, 2.45) is 0 Å². The third-order valence-corrected chi connectivity index (χ3v) is 2.25. The van der Waals surface area contributed by atoms with Gasteiger partial charge >= 0.3 is 11.4 Å². The van der Waals surface area contributed by atoms with Gasteiger partial charge < -0.3 is 4.55 Å². The zero-order valence-corrected chi connectivity index (χ0v) is 7.84. The van der Waals surface area contributed by atoms with Gasteiger partial charge in [0, 0.05) is 6.07 Å². The molecule has 9 heteroatoms. The van der Waals surface area contributed by atoms with Gasteiger partial charge in [-0.05, 0) is 6.07 Å². The van der Waals surface area contributed by atoms with Gasteiger partial charge in [0.25, 0.3) is 0 Å². The van der Waals surface area contributed by atoms with Gasteiger partial charge in [0.2, 0.25) is 0 Å². The Kier molecular flexibility index (Phi) is 3.07. The van der Waals surface area contributed by atoms with Crippen LogP contribution in [-0.4, -0.2) is 18.6 Å². The second-order valence-electron chi connectivity index (χ2n) is 2.39. The summed E-state index contributed by atoms with van der Waals surface area (Å²) in [7, 11) is 0. The number of benzene rings is 1. The molecule has 1 atom stereocenters. The summed E-state index contributed by atoms with van der Waals surface area (Å²) in [5.41, 5.74) is -1.76. The molecule has 1 rings (SSSR count). The molecule has 0 bridgehead atoms. The molecule has 1 N–H and O–H groups in total. The monoisotopic (exact) mass is 232 g/mol. The Balaban J connectivity index is 3.56. The van der Waals surface area contributed by atoms with Crippen LogP contribution in [0.2, 0.25) is 0 Å². The van der Waals surface area contributed by atoms with Crippen LogP contribution in [0.4, 0.5) is 11.4 Å². The van der Waals surface area contributed by atoms with Crippen molar-refractivity contribution in [3.8, 4) is 0 Å². The lowest BCUT2D eigenvalue weighted by Crippen LogP contribution is -2.01. The van der Waals surface area contributed by atoms with Gasteiger partial charge in [-0.3, -0.25) is 20.2 Å². The van der Waals surface area contributed by atoms with Gasteiger partial charge in [-0.25, -0.2) is 4.21 Å². The van der Waals surface area contributed by atoms with Crippen LogP contribution in [0.1, 0.15) is 0 Å². The molecule has 1 aromatic carbocycles. The fourth-order valence-electron chi connectivity index (χ4n) is 0.982. The van der Waals surface area contributed by atoms with E-state index in [-0.39, 0.29) is 0 Å². The van der Waals surface area contributed by atoms with Crippen LogP contribution in [0.5, 0.6) is 0 Å². The molecule has 0 aliphatic carbocycles. The lowest BCUT2D eigenvalue weighted by Gasteiger charge is -1.98. The van der Waals surface area contributed by atoms with Gasteiger partial charge in [-0.2, -0.15) is 0 Å². The average Bonchev–Trinajstić information content (AvgIpc) is 2.16.